The molecule has 14 heteroatoms. The van der Waals surface area contributed by atoms with E-state index in [0.717, 1.165) is 49.0 Å². The maximum atomic E-state index is 13.6. The number of benzene rings is 2. The highest BCUT2D eigenvalue weighted by atomic mass is 35.5. The normalized spacial score (nSPS) is 15.2. The molecule has 214 valence electrons. The zero-order valence-corrected chi connectivity index (χ0v) is 24.1. The lowest BCUT2D eigenvalue weighted by molar-refractivity contribution is -0.139. The van der Waals surface area contributed by atoms with Crippen molar-refractivity contribution in [2.45, 2.75) is 57.4 Å². The van der Waals surface area contributed by atoms with Crippen LogP contribution in [0.1, 0.15) is 43.7 Å². The molecule has 1 aliphatic rings. The van der Waals surface area contributed by atoms with Crippen LogP contribution in [-0.2, 0) is 32.3 Å². The molecule has 0 aromatic heterocycles. The van der Waals surface area contributed by atoms with Crippen LogP contribution in [0.15, 0.2) is 36.4 Å². The van der Waals surface area contributed by atoms with Crippen molar-refractivity contribution in [3.8, 4) is 0 Å². The fraction of sp³-hybridized carbons (Fsp3) is 0.440. The van der Waals surface area contributed by atoms with E-state index in [2.05, 4.69) is 5.32 Å². The predicted octanol–water partition coefficient (Wildman–Crippen LogP) is 5.91. The number of amides is 2. The maximum Gasteiger partial charge on any atom is 0.417 e. The Labute approximate surface area is 240 Å². The van der Waals surface area contributed by atoms with E-state index in [9.17, 15) is 31.2 Å². The first-order valence-electron chi connectivity index (χ1n) is 12.0. The first-order chi connectivity index (χ1) is 18.1. The molecule has 2 aromatic carbocycles. The monoisotopic (exact) mass is 627 g/mol. The Bertz CT molecular complexity index is 1340. The van der Waals surface area contributed by atoms with E-state index in [1.165, 1.54) is 13.0 Å². The van der Waals surface area contributed by atoms with Gasteiger partial charge in [-0.3, -0.25) is 13.9 Å². The van der Waals surface area contributed by atoms with E-state index in [0.29, 0.717) is 21.0 Å². The molecule has 0 bridgehead atoms. The third-order valence-corrected chi connectivity index (χ3v) is 8.50. The number of halogens is 6. The fourth-order valence-corrected chi connectivity index (χ4v) is 5.84. The topological polar surface area (TPSA) is 86.8 Å². The quantitative estimate of drug-likeness (QED) is 0.374. The average Bonchev–Trinajstić information content (AvgIpc) is 3.33. The Morgan fingerprint density at radius 2 is 1.69 bits per heavy atom. The second-order valence-electron chi connectivity index (χ2n) is 9.35. The number of sulfonamides is 1. The first-order valence-corrected chi connectivity index (χ1v) is 14.9. The summed E-state index contributed by atoms with van der Waals surface area (Å²) in [7, 11) is -4.24. The molecule has 3 rings (SSSR count). The molecule has 2 amide bonds. The van der Waals surface area contributed by atoms with Crippen molar-refractivity contribution in [2.24, 2.45) is 0 Å². The van der Waals surface area contributed by atoms with Gasteiger partial charge in [0, 0.05) is 22.6 Å². The predicted molar refractivity (Wildman–Crippen MR) is 146 cm³/mol. The summed E-state index contributed by atoms with van der Waals surface area (Å²) in [5.74, 6) is -1.28. The number of anilines is 1. The van der Waals surface area contributed by atoms with Gasteiger partial charge in [-0.15, -0.1) is 0 Å². The van der Waals surface area contributed by atoms with E-state index in [1.807, 2.05) is 0 Å². The van der Waals surface area contributed by atoms with E-state index >= 15 is 0 Å². The van der Waals surface area contributed by atoms with Crippen LogP contribution >= 0.6 is 34.8 Å². The van der Waals surface area contributed by atoms with Crippen molar-refractivity contribution >= 4 is 62.3 Å². The Morgan fingerprint density at radius 3 is 2.26 bits per heavy atom. The molecule has 1 fully saturated rings. The van der Waals surface area contributed by atoms with Crippen LogP contribution in [0.25, 0.3) is 0 Å². The number of hydrogen-bond acceptors (Lipinski definition) is 4. The number of rotatable bonds is 9. The highest BCUT2D eigenvalue weighted by Gasteiger charge is 2.36. The summed E-state index contributed by atoms with van der Waals surface area (Å²) in [6.45, 7) is 0.435. The van der Waals surface area contributed by atoms with E-state index in [4.69, 9.17) is 34.8 Å². The minimum absolute atomic E-state index is 0.0432. The Balaban J connectivity index is 1.96. The van der Waals surface area contributed by atoms with Crippen LogP contribution in [0.4, 0.5) is 18.9 Å². The lowest BCUT2D eigenvalue weighted by Crippen LogP contribution is -2.52. The van der Waals surface area contributed by atoms with Crippen molar-refractivity contribution in [1.29, 1.82) is 0 Å². The second-order valence-corrected chi connectivity index (χ2v) is 12.5. The van der Waals surface area contributed by atoms with Gasteiger partial charge in [0.25, 0.3) is 0 Å². The summed E-state index contributed by atoms with van der Waals surface area (Å²) in [6, 6.07) is 6.01. The molecule has 0 heterocycles. The van der Waals surface area contributed by atoms with Crippen molar-refractivity contribution < 1.29 is 31.2 Å². The third-order valence-electron chi connectivity index (χ3n) is 6.45. The van der Waals surface area contributed by atoms with Gasteiger partial charge >= 0.3 is 6.18 Å². The molecular formula is C25H27Cl3F3N3O4S. The van der Waals surface area contributed by atoms with Crippen molar-refractivity contribution in [3.63, 3.8) is 0 Å². The Kier molecular flexibility index (Phi) is 10.1. The van der Waals surface area contributed by atoms with E-state index in [-0.39, 0.29) is 17.6 Å². The summed E-state index contributed by atoms with van der Waals surface area (Å²) in [6.07, 6.45) is -0.562. The molecule has 2 aromatic rings. The Hall–Kier alpha value is -2.21. The largest absolute Gasteiger partial charge is 0.417 e. The summed E-state index contributed by atoms with van der Waals surface area (Å²) < 4.78 is 66.2. The van der Waals surface area contributed by atoms with E-state index < -0.39 is 56.9 Å². The van der Waals surface area contributed by atoms with Crippen LogP contribution in [0, 0.1) is 0 Å². The van der Waals surface area contributed by atoms with Gasteiger partial charge < -0.3 is 10.2 Å². The molecular weight excluding hydrogens is 602 g/mol. The van der Waals surface area contributed by atoms with Gasteiger partial charge in [-0.05, 0) is 55.7 Å². The fourth-order valence-electron chi connectivity index (χ4n) is 4.31. The van der Waals surface area contributed by atoms with Crippen LogP contribution in [0.2, 0.25) is 15.1 Å². The Morgan fingerprint density at radius 1 is 1.05 bits per heavy atom. The lowest BCUT2D eigenvalue weighted by Gasteiger charge is -2.32. The van der Waals surface area contributed by atoms with Gasteiger partial charge in [0.1, 0.15) is 12.6 Å². The minimum atomic E-state index is -4.86. The van der Waals surface area contributed by atoms with Crippen molar-refractivity contribution in [3.05, 3.63) is 62.6 Å². The zero-order chi connectivity index (χ0) is 29.1. The highest BCUT2D eigenvalue weighted by molar-refractivity contribution is 7.92. The number of nitrogens with one attached hydrogen (secondary N) is 1. The van der Waals surface area contributed by atoms with Gasteiger partial charge in [-0.25, -0.2) is 8.42 Å². The average molecular weight is 629 g/mol. The van der Waals surface area contributed by atoms with Gasteiger partial charge in [-0.1, -0.05) is 53.7 Å². The maximum absolute atomic E-state index is 13.6. The second kappa shape index (κ2) is 12.5. The molecule has 1 N–H and O–H groups in total. The summed E-state index contributed by atoms with van der Waals surface area (Å²) in [5, 5.41) is 2.85. The smallest absolute Gasteiger partial charge is 0.352 e. The third kappa shape index (κ3) is 8.15. The molecule has 1 saturated carbocycles. The standard InChI is InChI=1S/C25H27Cl3F3N3O4S/c1-15(24(36)32-18-5-3-4-6-18)33(13-16-7-8-17(26)11-22(16)28)23(35)14-34(39(2,37)38)19-9-10-21(27)20(12-19)25(29,30)31/h7-12,15,18H,3-6,13-14H2,1-2H3,(H,32,36)/t15-/m1/s1. The van der Waals surface area contributed by atoms with Crippen LogP contribution < -0.4 is 9.62 Å². The number of carbonyl (C=O) groups excluding carboxylic acids is 2. The molecule has 0 radical (unpaired) electrons. The van der Waals surface area contributed by atoms with Crippen LogP contribution in [0.3, 0.4) is 0 Å². The molecule has 0 saturated heterocycles. The summed E-state index contributed by atoms with van der Waals surface area (Å²) in [4.78, 5) is 27.8. The molecule has 39 heavy (non-hydrogen) atoms. The van der Waals surface area contributed by atoms with Gasteiger partial charge in [0.2, 0.25) is 21.8 Å². The van der Waals surface area contributed by atoms with Crippen molar-refractivity contribution in [1.82, 2.24) is 10.2 Å². The first kappa shape index (κ1) is 31.3. The highest BCUT2D eigenvalue weighted by Crippen LogP contribution is 2.37. The zero-order valence-electron chi connectivity index (χ0n) is 21.1. The molecule has 7 nitrogen and oxygen atoms in total. The molecule has 0 unspecified atom stereocenters. The van der Waals surface area contributed by atoms with Gasteiger partial charge in [-0.2, -0.15) is 13.2 Å². The number of nitrogens with zero attached hydrogens (tertiary/aromatic N) is 2. The SMILES string of the molecule is C[C@H](C(=O)NC1CCCC1)N(Cc1ccc(Cl)cc1Cl)C(=O)CN(c1ccc(Cl)c(C(F)(F)F)c1)S(C)(=O)=O. The molecule has 0 spiro atoms. The summed E-state index contributed by atoms with van der Waals surface area (Å²) in [5.41, 5.74) is -1.22. The van der Waals surface area contributed by atoms with E-state index in [1.54, 1.807) is 12.1 Å². The lowest BCUT2D eigenvalue weighted by atomic mass is 10.1. The number of hydrogen-bond donors (Lipinski definition) is 1. The van der Waals surface area contributed by atoms with Crippen molar-refractivity contribution in [2.75, 3.05) is 17.1 Å². The molecule has 1 aliphatic carbocycles. The van der Waals surface area contributed by atoms with Crippen LogP contribution in [-0.4, -0.2) is 50.0 Å². The molecule has 0 aliphatic heterocycles. The minimum Gasteiger partial charge on any atom is -0.352 e. The summed E-state index contributed by atoms with van der Waals surface area (Å²) >= 11 is 18.0. The molecule has 1 atom stereocenters. The number of carbonyl (C=O) groups is 2. The van der Waals surface area contributed by atoms with Gasteiger partial charge in [0.15, 0.2) is 0 Å². The van der Waals surface area contributed by atoms with Crippen LogP contribution in [0.5, 0.6) is 0 Å². The number of alkyl halides is 3. The van der Waals surface area contributed by atoms with Gasteiger partial charge in [0.05, 0.1) is 22.5 Å².